The third-order valence-electron chi connectivity index (χ3n) is 3.20. The molecule has 88 valence electrons. The van der Waals surface area contributed by atoms with Crippen LogP contribution in [0.2, 0.25) is 0 Å². The number of nitrogens with zero attached hydrogens (tertiary/aromatic N) is 1. The minimum atomic E-state index is 0.629. The van der Waals surface area contributed by atoms with Crippen molar-refractivity contribution in [2.75, 3.05) is 25.0 Å². The number of anilines is 1. The molecule has 0 aliphatic carbocycles. The van der Waals surface area contributed by atoms with Crippen LogP contribution in [-0.4, -0.2) is 26.2 Å². The molecular formula is C14H22N2. The van der Waals surface area contributed by atoms with Crippen molar-refractivity contribution in [3.63, 3.8) is 0 Å². The summed E-state index contributed by atoms with van der Waals surface area (Å²) in [7, 11) is 2.04. The van der Waals surface area contributed by atoms with E-state index in [1.165, 1.54) is 17.7 Å². The molecule has 1 aromatic carbocycles. The molecule has 0 amide bonds. The lowest BCUT2D eigenvalue weighted by atomic mass is 10.1. The Morgan fingerprint density at radius 2 is 2.12 bits per heavy atom. The standard InChI is InChI=1S/C14H22N2/c1-11(2)10-16-13(9-15-3)8-12-6-4-5-7-14(12)16/h4-7,11,13,15H,8-10H2,1-3H3. The summed E-state index contributed by atoms with van der Waals surface area (Å²) in [6.45, 7) is 6.81. The first-order chi connectivity index (χ1) is 7.72. The molecule has 1 aliphatic heterocycles. The van der Waals surface area contributed by atoms with E-state index in [-0.39, 0.29) is 0 Å². The van der Waals surface area contributed by atoms with Crippen molar-refractivity contribution in [3.05, 3.63) is 29.8 Å². The molecule has 0 fully saturated rings. The lowest BCUT2D eigenvalue weighted by molar-refractivity contribution is 0.531. The number of rotatable bonds is 4. The van der Waals surface area contributed by atoms with Gasteiger partial charge in [0.25, 0.3) is 0 Å². The van der Waals surface area contributed by atoms with E-state index in [1.807, 2.05) is 7.05 Å². The van der Waals surface area contributed by atoms with Crippen molar-refractivity contribution in [1.82, 2.24) is 5.32 Å². The number of hydrogen-bond donors (Lipinski definition) is 1. The van der Waals surface area contributed by atoms with Gasteiger partial charge in [-0.05, 0) is 31.0 Å². The topological polar surface area (TPSA) is 15.3 Å². The predicted molar refractivity (Wildman–Crippen MR) is 70.0 cm³/mol. The fourth-order valence-electron chi connectivity index (χ4n) is 2.58. The first-order valence-corrected chi connectivity index (χ1v) is 6.21. The highest BCUT2D eigenvalue weighted by Gasteiger charge is 2.28. The number of fused-ring (bicyclic) bond motifs is 1. The van der Waals surface area contributed by atoms with Gasteiger partial charge in [-0.1, -0.05) is 32.0 Å². The summed E-state index contributed by atoms with van der Waals surface area (Å²) in [5, 5.41) is 3.31. The van der Waals surface area contributed by atoms with E-state index < -0.39 is 0 Å². The monoisotopic (exact) mass is 218 g/mol. The van der Waals surface area contributed by atoms with Gasteiger partial charge in [0.2, 0.25) is 0 Å². The highest BCUT2D eigenvalue weighted by Crippen LogP contribution is 2.32. The lowest BCUT2D eigenvalue weighted by Crippen LogP contribution is -2.41. The average molecular weight is 218 g/mol. The summed E-state index contributed by atoms with van der Waals surface area (Å²) in [6.07, 6.45) is 1.18. The zero-order chi connectivity index (χ0) is 11.5. The van der Waals surface area contributed by atoms with E-state index in [0.29, 0.717) is 12.0 Å². The maximum Gasteiger partial charge on any atom is 0.0455 e. The van der Waals surface area contributed by atoms with Crippen LogP contribution in [0.5, 0.6) is 0 Å². The largest absolute Gasteiger partial charge is 0.366 e. The summed E-state index contributed by atoms with van der Waals surface area (Å²) in [5.74, 6) is 0.713. The molecular weight excluding hydrogens is 196 g/mol. The minimum Gasteiger partial charge on any atom is -0.366 e. The van der Waals surface area contributed by atoms with Crippen LogP contribution in [0.1, 0.15) is 19.4 Å². The Labute approximate surface area is 98.7 Å². The summed E-state index contributed by atoms with van der Waals surface area (Å²) < 4.78 is 0. The molecule has 0 saturated carbocycles. The molecule has 1 aromatic rings. The third kappa shape index (κ3) is 2.22. The molecule has 1 heterocycles. The van der Waals surface area contributed by atoms with Crippen LogP contribution in [0, 0.1) is 5.92 Å². The van der Waals surface area contributed by atoms with Crippen molar-refractivity contribution in [1.29, 1.82) is 0 Å². The van der Waals surface area contributed by atoms with Gasteiger partial charge in [-0.25, -0.2) is 0 Å². The number of hydrogen-bond acceptors (Lipinski definition) is 2. The summed E-state index contributed by atoms with van der Waals surface area (Å²) >= 11 is 0. The van der Waals surface area contributed by atoms with Gasteiger partial charge in [-0.2, -0.15) is 0 Å². The van der Waals surface area contributed by atoms with Gasteiger partial charge in [0, 0.05) is 24.8 Å². The zero-order valence-corrected chi connectivity index (χ0v) is 10.5. The molecule has 2 heteroatoms. The Hall–Kier alpha value is -1.02. The van der Waals surface area contributed by atoms with Crippen LogP contribution >= 0.6 is 0 Å². The highest BCUT2D eigenvalue weighted by atomic mass is 15.2. The van der Waals surface area contributed by atoms with E-state index in [4.69, 9.17) is 0 Å². The minimum absolute atomic E-state index is 0.629. The molecule has 0 saturated heterocycles. The van der Waals surface area contributed by atoms with E-state index >= 15 is 0 Å². The number of benzene rings is 1. The quantitative estimate of drug-likeness (QED) is 0.834. The number of likely N-dealkylation sites (N-methyl/N-ethyl adjacent to an activating group) is 1. The van der Waals surface area contributed by atoms with Crippen LogP contribution < -0.4 is 10.2 Å². The van der Waals surface area contributed by atoms with Gasteiger partial charge >= 0.3 is 0 Å². The Morgan fingerprint density at radius 3 is 2.81 bits per heavy atom. The van der Waals surface area contributed by atoms with Gasteiger partial charge in [0.1, 0.15) is 0 Å². The lowest BCUT2D eigenvalue weighted by Gasteiger charge is -2.29. The Balaban J connectivity index is 2.21. The Morgan fingerprint density at radius 1 is 1.38 bits per heavy atom. The van der Waals surface area contributed by atoms with Crippen LogP contribution in [0.4, 0.5) is 5.69 Å². The zero-order valence-electron chi connectivity index (χ0n) is 10.5. The fraction of sp³-hybridized carbons (Fsp3) is 0.571. The van der Waals surface area contributed by atoms with E-state index in [1.54, 1.807) is 0 Å². The maximum absolute atomic E-state index is 3.31. The summed E-state index contributed by atoms with van der Waals surface area (Å²) in [6, 6.07) is 9.44. The van der Waals surface area contributed by atoms with E-state index in [2.05, 4.69) is 48.3 Å². The molecule has 1 N–H and O–H groups in total. The highest BCUT2D eigenvalue weighted by molar-refractivity contribution is 5.59. The van der Waals surface area contributed by atoms with Crippen LogP contribution in [0.25, 0.3) is 0 Å². The van der Waals surface area contributed by atoms with E-state index in [0.717, 1.165) is 13.1 Å². The molecule has 0 bridgehead atoms. The molecule has 0 radical (unpaired) electrons. The van der Waals surface area contributed by atoms with Crippen LogP contribution in [0.15, 0.2) is 24.3 Å². The summed E-state index contributed by atoms with van der Waals surface area (Å²) in [4.78, 5) is 2.57. The van der Waals surface area contributed by atoms with Crippen molar-refractivity contribution in [3.8, 4) is 0 Å². The molecule has 1 aliphatic rings. The smallest absolute Gasteiger partial charge is 0.0455 e. The molecule has 1 atom stereocenters. The van der Waals surface area contributed by atoms with Gasteiger partial charge in [0.15, 0.2) is 0 Å². The first kappa shape index (κ1) is 11.5. The molecule has 2 rings (SSSR count). The van der Waals surface area contributed by atoms with Crippen LogP contribution in [-0.2, 0) is 6.42 Å². The summed E-state index contributed by atoms with van der Waals surface area (Å²) in [5.41, 5.74) is 2.94. The molecule has 0 aromatic heterocycles. The van der Waals surface area contributed by atoms with Crippen molar-refractivity contribution >= 4 is 5.69 Å². The second kappa shape index (κ2) is 4.88. The normalized spacial score (nSPS) is 19.2. The van der Waals surface area contributed by atoms with Crippen LogP contribution in [0.3, 0.4) is 0 Å². The fourth-order valence-corrected chi connectivity index (χ4v) is 2.58. The third-order valence-corrected chi connectivity index (χ3v) is 3.20. The van der Waals surface area contributed by atoms with Crippen molar-refractivity contribution in [2.45, 2.75) is 26.3 Å². The number of nitrogens with one attached hydrogen (secondary N) is 1. The van der Waals surface area contributed by atoms with Gasteiger partial charge in [-0.3, -0.25) is 0 Å². The molecule has 16 heavy (non-hydrogen) atoms. The van der Waals surface area contributed by atoms with Crippen molar-refractivity contribution < 1.29 is 0 Å². The molecule has 0 spiro atoms. The van der Waals surface area contributed by atoms with Gasteiger partial charge < -0.3 is 10.2 Å². The molecule has 1 unspecified atom stereocenters. The molecule has 2 nitrogen and oxygen atoms in total. The maximum atomic E-state index is 3.31. The second-order valence-electron chi connectivity index (χ2n) is 5.09. The van der Waals surface area contributed by atoms with Gasteiger partial charge in [0.05, 0.1) is 0 Å². The Kier molecular flexibility index (Phi) is 3.49. The first-order valence-electron chi connectivity index (χ1n) is 6.21. The van der Waals surface area contributed by atoms with Gasteiger partial charge in [-0.15, -0.1) is 0 Å². The average Bonchev–Trinajstić information content (AvgIpc) is 2.57. The SMILES string of the molecule is CNCC1Cc2ccccc2N1CC(C)C. The number of para-hydroxylation sites is 1. The van der Waals surface area contributed by atoms with E-state index in [9.17, 15) is 0 Å². The van der Waals surface area contributed by atoms with Crippen molar-refractivity contribution in [2.24, 2.45) is 5.92 Å². The Bertz CT molecular complexity index is 346. The predicted octanol–water partition coefficient (Wildman–Crippen LogP) is 2.29. The second-order valence-corrected chi connectivity index (χ2v) is 5.09.